The Labute approximate surface area is 97.6 Å². The summed E-state index contributed by atoms with van der Waals surface area (Å²) in [5.41, 5.74) is 7.45. The number of nitrogen functional groups attached to an aromatic ring is 1. The SMILES string of the molecule is COC(C)(C)CCOCc1cccc(N)c1. The molecule has 90 valence electrons. The van der Waals surface area contributed by atoms with Crippen LogP contribution in [0.1, 0.15) is 25.8 Å². The topological polar surface area (TPSA) is 44.5 Å². The van der Waals surface area contributed by atoms with E-state index < -0.39 is 0 Å². The minimum Gasteiger partial charge on any atom is -0.399 e. The van der Waals surface area contributed by atoms with Crippen LogP contribution >= 0.6 is 0 Å². The van der Waals surface area contributed by atoms with Crippen LogP contribution in [0.4, 0.5) is 5.69 Å². The number of anilines is 1. The molecule has 2 N–H and O–H groups in total. The summed E-state index contributed by atoms with van der Waals surface area (Å²) in [6, 6.07) is 7.75. The van der Waals surface area contributed by atoms with Crippen molar-refractivity contribution in [2.45, 2.75) is 32.5 Å². The molecule has 0 radical (unpaired) electrons. The maximum absolute atomic E-state index is 5.68. The molecule has 1 rings (SSSR count). The average Bonchev–Trinajstić information content (AvgIpc) is 2.25. The Kier molecular flexibility index (Phi) is 4.77. The van der Waals surface area contributed by atoms with Crippen molar-refractivity contribution < 1.29 is 9.47 Å². The zero-order valence-corrected chi connectivity index (χ0v) is 10.3. The summed E-state index contributed by atoms with van der Waals surface area (Å²) >= 11 is 0. The number of hydrogen-bond acceptors (Lipinski definition) is 3. The second-order valence-corrected chi connectivity index (χ2v) is 4.51. The lowest BCUT2D eigenvalue weighted by Crippen LogP contribution is -2.24. The molecule has 0 fully saturated rings. The zero-order chi connectivity index (χ0) is 12.0. The number of ether oxygens (including phenoxy) is 2. The van der Waals surface area contributed by atoms with E-state index in [0.717, 1.165) is 17.7 Å². The van der Waals surface area contributed by atoms with Crippen LogP contribution in [0.25, 0.3) is 0 Å². The highest BCUT2D eigenvalue weighted by atomic mass is 16.5. The largest absolute Gasteiger partial charge is 0.399 e. The lowest BCUT2D eigenvalue weighted by molar-refractivity contribution is -0.0124. The Morgan fingerprint density at radius 1 is 1.31 bits per heavy atom. The van der Waals surface area contributed by atoms with Crippen molar-refractivity contribution in [1.29, 1.82) is 0 Å². The molecule has 0 amide bonds. The Morgan fingerprint density at radius 2 is 2.06 bits per heavy atom. The molecular weight excluding hydrogens is 202 g/mol. The quantitative estimate of drug-likeness (QED) is 0.595. The fraction of sp³-hybridized carbons (Fsp3) is 0.538. The van der Waals surface area contributed by atoms with Gasteiger partial charge in [0.1, 0.15) is 0 Å². The maximum Gasteiger partial charge on any atom is 0.0717 e. The van der Waals surface area contributed by atoms with Crippen LogP contribution in [-0.4, -0.2) is 19.3 Å². The van der Waals surface area contributed by atoms with Crippen molar-refractivity contribution in [2.75, 3.05) is 19.5 Å². The van der Waals surface area contributed by atoms with Gasteiger partial charge in [-0.1, -0.05) is 12.1 Å². The fourth-order valence-corrected chi connectivity index (χ4v) is 1.29. The molecular formula is C13H21NO2. The standard InChI is InChI=1S/C13H21NO2/c1-13(2,15-3)7-8-16-10-11-5-4-6-12(14)9-11/h4-6,9H,7-8,10,14H2,1-3H3. The number of rotatable bonds is 6. The van der Waals surface area contributed by atoms with Gasteiger partial charge in [-0.25, -0.2) is 0 Å². The summed E-state index contributed by atoms with van der Waals surface area (Å²) in [5.74, 6) is 0. The fourth-order valence-electron chi connectivity index (χ4n) is 1.29. The normalized spacial score (nSPS) is 11.7. The van der Waals surface area contributed by atoms with E-state index in [1.807, 2.05) is 24.3 Å². The van der Waals surface area contributed by atoms with Gasteiger partial charge in [-0.15, -0.1) is 0 Å². The van der Waals surface area contributed by atoms with Gasteiger partial charge in [-0.3, -0.25) is 0 Å². The van der Waals surface area contributed by atoms with Gasteiger partial charge < -0.3 is 15.2 Å². The molecule has 3 heteroatoms. The van der Waals surface area contributed by atoms with E-state index in [2.05, 4.69) is 13.8 Å². The predicted octanol–water partition coefficient (Wildman–Crippen LogP) is 2.60. The van der Waals surface area contributed by atoms with E-state index in [9.17, 15) is 0 Å². The molecule has 0 spiro atoms. The molecule has 0 saturated carbocycles. The van der Waals surface area contributed by atoms with E-state index in [1.165, 1.54) is 0 Å². The molecule has 0 aliphatic carbocycles. The van der Waals surface area contributed by atoms with Gasteiger partial charge in [-0.2, -0.15) is 0 Å². The smallest absolute Gasteiger partial charge is 0.0717 e. The highest BCUT2D eigenvalue weighted by Gasteiger charge is 2.15. The van der Waals surface area contributed by atoms with Crippen LogP contribution in [0.2, 0.25) is 0 Å². The van der Waals surface area contributed by atoms with Crippen LogP contribution in [0.15, 0.2) is 24.3 Å². The first-order chi connectivity index (χ1) is 7.53. The predicted molar refractivity (Wildman–Crippen MR) is 66.2 cm³/mol. The molecule has 0 bridgehead atoms. The molecule has 0 unspecified atom stereocenters. The van der Waals surface area contributed by atoms with Crippen LogP contribution in [0.5, 0.6) is 0 Å². The van der Waals surface area contributed by atoms with Gasteiger partial charge in [0.05, 0.1) is 12.2 Å². The van der Waals surface area contributed by atoms with Gasteiger partial charge in [0, 0.05) is 19.4 Å². The Morgan fingerprint density at radius 3 is 2.69 bits per heavy atom. The van der Waals surface area contributed by atoms with Crippen LogP contribution in [0.3, 0.4) is 0 Å². The van der Waals surface area contributed by atoms with Crippen LogP contribution < -0.4 is 5.73 Å². The Balaban J connectivity index is 2.26. The first kappa shape index (κ1) is 13.0. The number of methoxy groups -OCH3 is 1. The molecule has 0 aliphatic rings. The Hall–Kier alpha value is -1.06. The first-order valence-electron chi connectivity index (χ1n) is 5.51. The number of hydrogen-bond donors (Lipinski definition) is 1. The van der Waals surface area contributed by atoms with E-state index in [1.54, 1.807) is 7.11 Å². The van der Waals surface area contributed by atoms with E-state index in [0.29, 0.717) is 13.2 Å². The average molecular weight is 223 g/mol. The lowest BCUT2D eigenvalue weighted by atomic mass is 10.1. The third kappa shape index (κ3) is 4.64. The molecule has 0 saturated heterocycles. The summed E-state index contributed by atoms with van der Waals surface area (Å²) < 4.78 is 10.9. The van der Waals surface area contributed by atoms with E-state index >= 15 is 0 Å². The van der Waals surface area contributed by atoms with E-state index in [-0.39, 0.29) is 5.60 Å². The summed E-state index contributed by atoms with van der Waals surface area (Å²) in [7, 11) is 1.72. The number of nitrogens with two attached hydrogens (primary N) is 1. The maximum atomic E-state index is 5.68. The van der Waals surface area contributed by atoms with Crippen LogP contribution in [0, 0.1) is 0 Å². The molecule has 1 aromatic rings. The molecule has 3 nitrogen and oxygen atoms in total. The van der Waals surface area contributed by atoms with Gasteiger partial charge in [-0.05, 0) is 38.0 Å². The highest BCUT2D eigenvalue weighted by Crippen LogP contribution is 2.13. The first-order valence-corrected chi connectivity index (χ1v) is 5.51. The second kappa shape index (κ2) is 5.87. The van der Waals surface area contributed by atoms with E-state index in [4.69, 9.17) is 15.2 Å². The molecule has 0 aromatic heterocycles. The number of benzene rings is 1. The van der Waals surface area contributed by atoms with Crippen molar-refractivity contribution in [3.8, 4) is 0 Å². The summed E-state index contributed by atoms with van der Waals surface area (Å²) in [6.07, 6.45) is 0.881. The summed E-state index contributed by atoms with van der Waals surface area (Å²) in [6.45, 7) is 5.40. The van der Waals surface area contributed by atoms with Crippen molar-refractivity contribution in [2.24, 2.45) is 0 Å². The summed E-state index contributed by atoms with van der Waals surface area (Å²) in [4.78, 5) is 0. The van der Waals surface area contributed by atoms with Crippen molar-refractivity contribution >= 4 is 5.69 Å². The van der Waals surface area contributed by atoms with Crippen LogP contribution in [-0.2, 0) is 16.1 Å². The van der Waals surface area contributed by atoms with Gasteiger partial charge in [0.2, 0.25) is 0 Å². The van der Waals surface area contributed by atoms with Gasteiger partial charge in [0.15, 0.2) is 0 Å². The van der Waals surface area contributed by atoms with Crippen molar-refractivity contribution in [1.82, 2.24) is 0 Å². The molecule has 0 heterocycles. The minimum atomic E-state index is -0.115. The zero-order valence-electron chi connectivity index (χ0n) is 10.3. The third-order valence-corrected chi connectivity index (χ3v) is 2.62. The Bertz CT molecular complexity index is 323. The van der Waals surface area contributed by atoms with Gasteiger partial charge >= 0.3 is 0 Å². The van der Waals surface area contributed by atoms with Crippen molar-refractivity contribution in [3.05, 3.63) is 29.8 Å². The van der Waals surface area contributed by atoms with Gasteiger partial charge in [0.25, 0.3) is 0 Å². The molecule has 16 heavy (non-hydrogen) atoms. The van der Waals surface area contributed by atoms with Crippen molar-refractivity contribution in [3.63, 3.8) is 0 Å². The molecule has 0 atom stereocenters. The highest BCUT2D eigenvalue weighted by molar-refractivity contribution is 5.40. The molecule has 1 aromatic carbocycles. The summed E-state index contributed by atoms with van der Waals surface area (Å²) in [5, 5.41) is 0. The second-order valence-electron chi connectivity index (χ2n) is 4.51. The lowest BCUT2D eigenvalue weighted by Gasteiger charge is -2.22. The minimum absolute atomic E-state index is 0.115. The molecule has 0 aliphatic heterocycles. The monoisotopic (exact) mass is 223 g/mol. The third-order valence-electron chi connectivity index (χ3n) is 2.62.